The third kappa shape index (κ3) is 24.5. The number of halogens is 17. The Morgan fingerprint density at radius 3 is 1.70 bits per heavy atom. The number of carbonyl (C=O) groups excluding carboxylic acids is 5. The van der Waals surface area contributed by atoms with Gasteiger partial charge in [-0.25, -0.2) is 31.9 Å². The molecule has 0 bridgehead atoms. The Bertz CT molecular complexity index is 4600. The summed E-state index contributed by atoms with van der Waals surface area (Å²) in [4.78, 5) is 92.7. The van der Waals surface area contributed by atoms with Crippen LogP contribution in [0.3, 0.4) is 0 Å². The van der Waals surface area contributed by atoms with Gasteiger partial charge in [0, 0.05) is 54.7 Å². The number of nitrogens with one attached hydrogen (secondary N) is 2. The van der Waals surface area contributed by atoms with E-state index >= 15 is 0 Å². The fourth-order valence-electron chi connectivity index (χ4n) is 9.59. The lowest BCUT2D eigenvalue weighted by atomic mass is 9.91. The van der Waals surface area contributed by atoms with Gasteiger partial charge in [0.05, 0.1) is 90.9 Å². The van der Waals surface area contributed by atoms with Crippen LogP contribution < -0.4 is 45.7 Å². The number of benzene rings is 6. The first-order valence-corrected chi connectivity index (χ1v) is 31.1. The van der Waals surface area contributed by atoms with Gasteiger partial charge in [-0.1, -0.05) is 41.4 Å². The number of aldehydes is 1. The summed E-state index contributed by atoms with van der Waals surface area (Å²) in [5, 5.41) is -0.768. The van der Waals surface area contributed by atoms with Crippen molar-refractivity contribution in [1.82, 2.24) is 14.9 Å². The highest BCUT2D eigenvalue weighted by Crippen LogP contribution is 2.48. The Morgan fingerprint density at radius 1 is 0.667 bits per heavy atom. The van der Waals surface area contributed by atoms with Gasteiger partial charge in [0.2, 0.25) is 5.78 Å². The summed E-state index contributed by atoms with van der Waals surface area (Å²) in [6.45, 7) is 0.538. The molecule has 0 fully saturated rings. The lowest BCUT2D eigenvalue weighted by Gasteiger charge is -2.31. The number of hydrogen-bond donors (Lipinski definition) is 3. The quantitative estimate of drug-likeness (QED) is 0.00864. The maximum absolute atomic E-state index is 14.6. The van der Waals surface area contributed by atoms with E-state index < -0.39 is 134 Å². The molecule has 4 N–H and O–H groups in total. The normalized spacial score (nSPS) is 13.6. The van der Waals surface area contributed by atoms with Crippen molar-refractivity contribution in [3.05, 3.63) is 174 Å². The highest BCUT2D eigenvalue weighted by molar-refractivity contribution is 6.38. The second kappa shape index (κ2) is 36.0. The number of nitrogens with two attached hydrogens (primary N) is 1. The summed E-state index contributed by atoms with van der Waals surface area (Å²) in [6.07, 6.45) is -15.3. The predicted molar refractivity (Wildman–Crippen MR) is 351 cm³/mol. The number of amides is 1. The fraction of sp³-hybridized carbons (Fsp3) is 0.313. The summed E-state index contributed by atoms with van der Waals surface area (Å²) in [6, 6.07) is 22.8. The first kappa shape index (κ1) is 83.8. The van der Waals surface area contributed by atoms with Gasteiger partial charge in [0.15, 0.2) is 39.9 Å². The fourth-order valence-corrected chi connectivity index (χ4v) is 10.0. The number of unbranched alkanes of at least 4 members (excludes halogenated alkanes) is 1. The molecule has 566 valence electrons. The number of H-pyrrole nitrogens is 2. The minimum Gasteiger partial charge on any atom is -0.490 e. The van der Waals surface area contributed by atoms with Crippen molar-refractivity contribution < 1.29 is 127 Å². The van der Waals surface area contributed by atoms with Crippen LogP contribution in [0.1, 0.15) is 90.8 Å². The van der Waals surface area contributed by atoms with Crippen LogP contribution in [-0.4, -0.2) is 127 Å². The Morgan fingerprint density at radius 2 is 1.19 bits per heavy atom. The first-order valence-electron chi connectivity index (χ1n) is 30.4. The summed E-state index contributed by atoms with van der Waals surface area (Å²) in [7, 11) is 0. The molecular formula is C67H58Cl3F14N5O16. The number of aromatic amines is 2. The molecule has 0 radical (unpaired) electrons. The number of aromatic nitrogens is 2. The maximum Gasteiger partial charge on any atom is 0.573 e. The van der Waals surface area contributed by atoms with Crippen LogP contribution in [0.5, 0.6) is 46.0 Å². The second-order valence-corrected chi connectivity index (χ2v) is 23.0. The smallest absolute Gasteiger partial charge is 0.490 e. The topological polar surface area (TPSA) is 284 Å². The molecule has 1 amide bonds. The largest absolute Gasteiger partial charge is 0.573 e. The van der Waals surface area contributed by atoms with Crippen molar-refractivity contribution in [2.75, 3.05) is 46.1 Å². The second-order valence-electron chi connectivity index (χ2n) is 22.2. The first-order chi connectivity index (χ1) is 48.8. The number of aliphatic imine (C=N–C) groups is 1. The molecule has 21 nitrogen and oxygen atoms in total. The summed E-state index contributed by atoms with van der Waals surface area (Å²) in [5.41, 5.74) is 6.85. The molecule has 105 heavy (non-hydrogen) atoms. The average Bonchev–Trinajstić information content (AvgIpc) is 1.57. The molecule has 6 aromatic carbocycles. The number of carbonyl (C=O) groups is 5. The highest BCUT2D eigenvalue weighted by Gasteiger charge is 2.48. The summed E-state index contributed by atoms with van der Waals surface area (Å²) in [5.74, 6) is -11.9. The van der Waals surface area contributed by atoms with Gasteiger partial charge in [-0.3, -0.25) is 38.5 Å². The minimum absolute atomic E-state index is 0. The van der Waals surface area contributed by atoms with Crippen LogP contribution in [-0.2, 0) is 19.1 Å². The highest BCUT2D eigenvalue weighted by atomic mass is 35.5. The van der Waals surface area contributed by atoms with Gasteiger partial charge in [0.25, 0.3) is 17.8 Å². The van der Waals surface area contributed by atoms with Crippen LogP contribution >= 0.6 is 35.6 Å². The van der Waals surface area contributed by atoms with E-state index in [4.69, 9.17) is 51.0 Å². The van der Waals surface area contributed by atoms with Crippen molar-refractivity contribution in [2.45, 2.75) is 89.7 Å². The zero-order valence-electron chi connectivity index (χ0n) is 54.5. The zero-order chi connectivity index (χ0) is 76.6. The van der Waals surface area contributed by atoms with Crippen molar-refractivity contribution >= 4 is 93.2 Å². The number of Topliss-reactive ketones (excluding diaryl/α,β-unsaturated/α-hetero) is 2. The Labute approximate surface area is 599 Å². The number of ketones is 2. The average molecular weight is 1560 g/mol. The van der Waals surface area contributed by atoms with Crippen molar-refractivity contribution in [1.29, 1.82) is 0 Å². The third-order valence-corrected chi connectivity index (χ3v) is 14.5. The molecule has 2 aliphatic rings. The number of nitrogens with zero attached hydrogens (tertiary/aromatic N) is 2. The van der Waals surface area contributed by atoms with E-state index in [2.05, 4.69) is 34.9 Å². The number of ether oxygens (including phenoxy) is 7. The SMILES string of the molecule is CC(F)(F)CN.CC(F)(F)CN1C(=O)C2=C(C(c3cccc4[nH]c(=O)oc34)=NC2)C1c1ccc(Oc2ccc(OC(F)(F)F)c(Cl)c2)c(OCCCC(F)(F)F)c1.CCOC(=O)C(=O)CC(=O)c1cccc2[nH]c(=O)oc12.Cl.O=Cc1ccc(Oc2ccc(OC(F)(F)F)c(Cl)c2)c(OCCCCF)c1. The van der Waals surface area contributed by atoms with Gasteiger partial charge in [-0.05, 0) is 111 Å². The zero-order valence-corrected chi connectivity index (χ0v) is 56.8. The predicted octanol–water partition coefficient (Wildman–Crippen LogP) is 16.3. The molecular weight excluding hydrogens is 1500 g/mol. The van der Waals surface area contributed by atoms with E-state index in [0.29, 0.717) is 48.2 Å². The number of para-hydroxylation sites is 2. The molecule has 1 atom stereocenters. The van der Waals surface area contributed by atoms with Gasteiger partial charge in [-0.15, -0.1) is 38.7 Å². The van der Waals surface area contributed by atoms with E-state index in [9.17, 15) is 95.0 Å². The standard InChI is InChI=1S/C33H24ClF8N3O6.C18H15ClF4O4.C13H11NO6.C3H7F2N.ClH/c1-31(35,36)15-45-27(25-19(29(45)46)14-43-26(25)18-4-2-5-21-28(18)50-30(47)44-21)16-6-8-23(24(12-16)48-11-3-10-32(37,38)39)49-17-7-9-22(20(34)13-17)51-33(40,41)42;19-14-10-13(4-6-15(14)27-18(21,22)23)26-16-5-3-12(11-24)9-17(16)25-8-2-1-7-20;1-2-19-12(17)10(16)6-9(15)7-4-3-5-8-11(7)20-13(18)14-8;1-3(4,5)2-6;/h2,4-9,12-13,27H,3,10-11,14-15H2,1H3,(H,44,47);3-6,9-11H,1-2,7-8H2;3-5H,2,6H2,1H3,(H,14,18);2,6H2,1H3;1H. The van der Waals surface area contributed by atoms with Crippen molar-refractivity contribution in [3.8, 4) is 46.0 Å². The number of oxazole rings is 2. The van der Waals surface area contributed by atoms with Gasteiger partial charge < -0.3 is 52.6 Å². The van der Waals surface area contributed by atoms with E-state index in [-0.39, 0.29) is 111 Å². The van der Waals surface area contributed by atoms with Crippen LogP contribution in [0.25, 0.3) is 22.2 Å². The lowest BCUT2D eigenvalue weighted by molar-refractivity contribution is -0.275. The molecule has 0 aliphatic carbocycles. The molecule has 0 saturated carbocycles. The van der Waals surface area contributed by atoms with Crippen LogP contribution in [0.15, 0.2) is 144 Å². The maximum atomic E-state index is 14.6. The van der Waals surface area contributed by atoms with E-state index in [1.807, 2.05) is 0 Å². The molecule has 1 unspecified atom stereocenters. The van der Waals surface area contributed by atoms with E-state index in [1.165, 1.54) is 54.6 Å². The van der Waals surface area contributed by atoms with E-state index in [1.54, 1.807) is 31.2 Å². The Kier molecular flexibility index (Phi) is 28.8. The molecule has 2 aromatic heterocycles. The molecule has 10 rings (SSSR count). The molecule has 8 aromatic rings. The Hall–Kier alpha value is -10.1. The molecule has 0 spiro atoms. The summed E-state index contributed by atoms with van der Waals surface area (Å²) >= 11 is 11.7. The number of alkyl halides is 14. The molecule has 38 heteroatoms. The van der Waals surface area contributed by atoms with Gasteiger partial charge in [-0.2, -0.15) is 13.2 Å². The van der Waals surface area contributed by atoms with Crippen LogP contribution in [0.4, 0.5) is 61.5 Å². The van der Waals surface area contributed by atoms with Gasteiger partial charge in [0.1, 0.15) is 29.3 Å². The minimum atomic E-state index is -5.03. The Balaban J connectivity index is 0.000000266. The molecule has 0 saturated heterocycles. The number of esters is 1. The third-order valence-electron chi connectivity index (χ3n) is 13.9. The van der Waals surface area contributed by atoms with Gasteiger partial charge >= 0.3 is 36.4 Å². The number of fused-ring (bicyclic) bond motifs is 2. The molecule has 4 heterocycles. The van der Waals surface area contributed by atoms with E-state index in [0.717, 1.165) is 42.2 Å². The van der Waals surface area contributed by atoms with Crippen LogP contribution in [0.2, 0.25) is 10.0 Å². The number of hydrogen-bond acceptors (Lipinski definition) is 18. The monoisotopic (exact) mass is 1560 g/mol. The van der Waals surface area contributed by atoms with Crippen molar-refractivity contribution in [2.24, 2.45) is 10.7 Å². The molecule has 2 aliphatic heterocycles. The summed E-state index contributed by atoms with van der Waals surface area (Å²) < 4.78 is 223. The lowest BCUT2D eigenvalue weighted by Crippen LogP contribution is -2.40. The van der Waals surface area contributed by atoms with Crippen LogP contribution in [0, 0.1) is 0 Å². The van der Waals surface area contributed by atoms with Crippen molar-refractivity contribution in [3.63, 3.8) is 0 Å². The number of rotatable bonds is 26.